The summed E-state index contributed by atoms with van der Waals surface area (Å²) in [5.41, 5.74) is 3.12. The van der Waals surface area contributed by atoms with Gasteiger partial charge in [-0.2, -0.15) is 0 Å². The Morgan fingerprint density at radius 3 is 2.61 bits per heavy atom. The molecule has 0 aromatic heterocycles. The van der Waals surface area contributed by atoms with Crippen LogP contribution in [0.25, 0.3) is 0 Å². The fraction of sp³-hybridized carbons (Fsp3) is 0.588. The van der Waals surface area contributed by atoms with Crippen molar-refractivity contribution in [3.05, 3.63) is 29.3 Å². The van der Waals surface area contributed by atoms with Gasteiger partial charge in [-0.3, -0.25) is 0 Å². The number of hydrogen-bond acceptors (Lipinski definition) is 3. The molecule has 2 atom stereocenters. The molecule has 0 bridgehead atoms. The molecule has 2 rings (SSSR count). The predicted octanol–water partition coefficient (Wildman–Crippen LogP) is 3.03. The lowest BCUT2D eigenvalue weighted by Crippen LogP contribution is -2.49. The molecule has 0 spiro atoms. The van der Waals surface area contributed by atoms with Crippen LogP contribution in [-0.4, -0.2) is 32.0 Å². The molecular weight excluding hydrogens is 312 g/mol. The number of aryl methyl sites for hydroxylation is 2. The summed E-state index contributed by atoms with van der Waals surface area (Å²) in [4.78, 5) is 12.2. The monoisotopic (exact) mass is 338 g/mol. The van der Waals surface area contributed by atoms with Gasteiger partial charge in [-0.15, -0.1) is 0 Å². The van der Waals surface area contributed by atoms with E-state index < -0.39 is 15.1 Å². The van der Waals surface area contributed by atoms with Crippen LogP contribution in [0.1, 0.15) is 43.7 Å². The van der Waals surface area contributed by atoms with Crippen LogP contribution in [-0.2, 0) is 16.3 Å². The quantitative estimate of drug-likeness (QED) is 0.886. The van der Waals surface area contributed by atoms with E-state index in [2.05, 4.69) is 17.6 Å². The first-order valence-electron chi connectivity index (χ1n) is 8.17. The Hall–Kier alpha value is -1.56. The van der Waals surface area contributed by atoms with E-state index in [0.29, 0.717) is 12.8 Å². The highest BCUT2D eigenvalue weighted by Gasteiger charge is 2.33. The van der Waals surface area contributed by atoms with Gasteiger partial charge in [-0.1, -0.05) is 25.8 Å². The SMILES string of the molecule is CCc1cc(NC(=O)N[C@@H]2CCCC[C@H]2S(C)(=O)=O)ccc1C. The molecule has 128 valence electrons. The summed E-state index contributed by atoms with van der Waals surface area (Å²) >= 11 is 0. The van der Waals surface area contributed by atoms with Crippen LogP contribution in [0.3, 0.4) is 0 Å². The van der Waals surface area contributed by atoms with Crippen molar-refractivity contribution in [1.29, 1.82) is 0 Å². The molecule has 0 unspecified atom stereocenters. The van der Waals surface area contributed by atoms with Crippen LogP contribution in [0.5, 0.6) is 0 Å². The first kappa shape index (κ1) is 17.8. The fourth-order valence-corrected chi connectivity index (χ4v) is 4.64. The second-order valence-corrected chi connectivity index (χ2v) is 8.62. The molecule has 1 aromatic rings. The third-order valence-electron chi connectivity index (χ3n) is 4.56. The topological polar surface area (TPSA) is 75.3 Å². The summed E-state index contributed by atoms with van der Waals surface area (Å²) in [6.45, 7) is 4.12. The second-order valence-electron chi connectivity index (χ2n) is 6.35. The van der Waals surface area contributed by atoms with Gasteiger partial charge in [0.05, 0.1) is 5.25 Å². The van der Waals surface area contributed by atoms with Crippen molar-refractivity contribution >= 4 is 21.6 Å². The summed E-state index contributed by atoms with van der Waals surface area (Å²) < 4.78 is 23.8. The van der Waals surface area contributed by atoms with Crippen LogP contribution in [0.2, 0.25) is 0 Å². The molecule has 1 saturated carbocycles. The number of nitrogens with one attached hydrogen (secondary N) is 2. The number of sulfone groups is 1. The number of anilines is 1. The highest BCUT2D eigenvalue weighted by Crippen LogP contribution is 2.24. The molecule has 0 heterocycles. The molecule has 23 heavy (non-hydrogen) atoms. The van der Waals surface area contributed by atoms with E-state index in [1.807, 2.05) is 25.1 Å². The number of hydrogen-bond donors (Lipinski definition) is 2. The molecule has 1 aliphatic carbocycles. The molecule has 2 N–H and O–H groups in total. The molecule has 0 radical (unpaired) electrons. The van der Waals surface area contributed by atoms with Crippen molar-refractivity contribution in [1.82, 2.24) is 5.32 Å². The van der Waals surface area contributed by atoms with Crippen LogP contribution in [0.15, 0.2) is 18.2 Å². The molecule has 1 aromatic carbocycles. The second kappa shape index (κ2) is 7.34. The normalized spacial score (nSPS) is 21.7. The van der Waals surface area contributed by atoms with Gasteiger partial charge >= 0.3 is 6.03 Å². The van der Waals surface area contributed by atoms with E-state index >= 15 is 0 Å². The zero-order valence-corrected chi connectivity index (χ0v) is 14.9. The molecule has 0 saturated heterocycles. The maximum Gasteiger partial charge on any atom is 0.319 e. The number of carbonyl (C=O) groups excluding carboxylic acids is 1. The zero-order chi connectivity index (χ0) is 17.0. The first-order chi connectivity index (χ1) is 10.8. The molecule has 1 fully saturated rings. The Labute approximate surface area is 138 Å². The number of carbonyl (C=O) groups is 1. The van der Waals surface area contributed by atoms with E-state index in [1.54, 1.807) is 0 Å². The molecule has 6 heteroatoms. The summed E-state index contributed by atoms with van der Waals surface area (Å²) in [6, 6.07) is 5.16. The highest BCUT2D eigenvalue weighted by molar-refractivity contribution is 7.91. The predicted molar refractivity (Wildman–Crippen MR) is 93.6 cm³/mol. The van der Waals surface area contributed by atoms with Crippen molar-refractivity contribution in [3.8, 4) is 0 Å². The average Bonchev–Trinajstić information content (AvgIpc) is 2.48. The lowest BCUT2D eigenvalue weighted by atomic mass is 9.95. The van der Waals surface area contributed by atoms with E-state index in [1.165, 1.54) is 17.4 Å². The number of urea groups is 1. The lowest BCUT2D eigenvalue weighted by molar-refractivity contribution is 0.244. The molecule has 2 amide bonds. The van der Waals surface area contributed by atoms with Crippen molar-refractivity contribution in [2.75, 3.05) is 11.6 Å². The Balaban J connectivity index is 2.03. The Kier molecular flexibility index (Phi) is 5.68. The van der Waals surface area contributed by atoms with Gasteiger partial charge in [0.15, 0.2) is 9.84 Å². The minimum Gasteiger partial charge on any atom is -0.334 e. The van der Waals surface area contributed by atoms with Crippen molar-refractivity contribution < 1.29 is 13.2 Å². The van der Waals surface area contributed by atoms with Gasteiger partial charge < -0.3 is 10.6 Å². The third kappa shape index (κ3) is 4.70. The van der Waals surface area contributed by atoms with Gasteiger partial charge in [0, 0.05) is 18.0 Å². The van der Waals surface area contributed by atoms with Crippen molar-refractivity contribution in [2.45, 2.75) is 57.2 Å². The Morgan fingerprint density at radius 2 is 1.96 bits per heavy atom. The van der Waals surface area contributed by atoms with Gasteiger partial charge in [0.25, 0.3) is 0 Å². The largest absolute Gasteiger partial charge is 0.334 e. The Bertz CT molecular complexity index is 670. The van der Waals surface area contributed by atoms with Crippen LogP contribution in [0, 0.1) is 6.92 Å². The number of rotatable bonds is 4. The van der Waals surface area contributed by atoms with Gasteiger partial charge in [0.2, 0.25) is 0 Å². The summed E-state index contributed by atoms with van der Waals surface area (Å²) in [6.07, 6.45) is 5.33. The Morgan fingerprint density at radius 1 is 1.26 bits per heavy atom. The van der Waals surface area contributed by atoms with E-state index in [0.717, 1.165) is 24.9 Å². The van der Waals surface area contributed by atoms with E-state index in [9.17, 15) is 13.2 Å². The van der Waals surface area contributed by atoms with E-state index in [-0.39, 0.29) is 12.1 Å². The number of benzene rings is 1. The van der Waals surface area contributed by atoms with Gasteiger partial charge in [0.1, 0.15) is 0 Å². The maximum absolute atomic E-state index is 12.2. The lowest BCUT2D eigenvalue weighted by Gasteiger charge is -2.30. The number of amides is 2. The van der Waals surface area contributed by atoms with E-state index in [4.69, 9.17) is 0 Å². The van der Waals surface area contributed by atoms with Gasteiger partial charge in [-0.25, -0.2) is 13.2 Å². The summed E-state index contributed by atoms with van der Waals surface area (Å²) in [7, 11) is -3.15. The first-order valence-corrected chi connectivity index (χ1v) is 10.1. The molecule has 1 aliphatic rings. The van der Waals surface area contributed by atoms with Gasteiger partial charge in [-0.05, 0) is 49.4 Å². The molecule has 0 aliphatic heterocycles. The smallest absolute Gasteiger partial charge is 0.319 e. The minimum absolute atomic E-state index is 0.310. The minimum atomic E-state index is -3.15. The van der Waals surface area contributed by atoms with Crippen LogP contribution in [0.4, 0.5) is 10.5 Å². The van der Waals surface area contributed by atoms with Crippen molar-refractivity contribution in [3.63, 3.8) is 0 Å². The van der Waals surface area contributed by atoms with Crippen LogP contribution >= 0.6 is 0 Å². The standard InChI is InChI=1S/C17H26N2O3S/c1-4-13-11-14(10-9-12(13)2)18-17(20)19-15-7-5-6-8-16(15)23(3,21)22/h9-11,15-16H,4-8H2,1-3H3,(H2,18,19,20)/t15-,16-/m1/s1. The average molecular weight is 338 g/mol. The summed E-state index contributed by atoms with van der Waals surface area (Å²) in [5, 5.41) is 5.18. The molecule has 5 nitrogen and oxygen atoms in total. The zero-order valence-electron chi connectivity index (χ0n) is 14.1. The van der Waals surface area contributed by atoms with Crippen molar-refractivity contribution in [2.24, 2.45) is 0 Å². The summed E-state index contributed by atoms with van der Waals surface area (Å²) in [5.74, 6) is 0. The highest BCUT2D eigenvalue weighted by atomic mass is 32.2. The van der Waals surface area contributed by atoms with Crippen LogP contribution < -0.4 is 10.6 Å². The maximum atomic E-state index is 12.2. The molecular formula is C17H26N2O3S. The third-order valence-corrected chi connectivity index (χ3v) is 6.22. The fourth-order valence-electron chi connectivity index (χ4n) is 3.24.